The highest BCUT2D eigenvalue weighted by Gasteiger charge is 2.33. The number of anilines is 1. The first-order valence-corrected chi connectivity index (χ1v) is 10.3. The Balaban J connectivity index is 1.97. The number of hydrogen-bond acceptors (Lipinski definition) is 6. The van der Waals surface area contributed by atoms with Crippen molar-refractivity contribution in [3.05, 3.63) is 29.8 Å². The van der Waals surface area contributed by atoms with Gasteiger partial charge in [-0.15, -0.1) is 0 Å². The van der Waals surface area contributed by atoms with Crippen LogP contribution in [0.5, 0.6) is 0 Å². The van der Waals surface area contributed by atoms with Gasteiger partial charge in [0.05, 0.1) is 19.6 Å². The minimum atomic E-state index is -0.750. The van der Waals surface area contributed by atoms with E-state index in [4.69, 9.17) is 4.74 Å². The van der Waals surface area contributed by atoms with Gasteiger partial charge in [0, 0.05) is 30.9 Å². The zero-order valence-electron chi connectivity index (χ0n) is 17.5. The summed E-state index contributed by atoms with van der Waals surface area (Å²) in [6, 6.07) is 5.91. The molecule has 1 saturated heterocycles. The normalized spacial score (nSPS) is 16.5. The van der Waals surface area contributed by atoms with Crippen LogP contribution in [-0.2, 0) is 19.1 Å². The lowest BCUT2D eigenvalue weighted by molar-refractivity contribution is -0.148. The van der Waals surface area contributed by atoms with E-state index >= 15 is 0 Å². The van der Waals surface area contributed by atoms with Gasteiger partial charge >= 0.3 is 5.97 Å². The summed E-state index contributed by atoms with van der Waals surface area (Å²) < 4.78 is 5.07. The molecule has 164 valence electrons. The zero-order valence-corrected chi connectivity index (χ0v) is 17.5. The molecule has 9 nitrogen and oxygen atoms in total. The molecule has 30 heavy (non-hydrogen) atoms. The van der Waals surface area contributed by atoms with E-state index in [0.717, 1.165) is 6.42 Å². The summed E-state index contributed by atoms with van der Waals surface area (Å²) in [5.74, 6) is -1.29. The van der Waals surface area contributed by atoms with Crippen LogP contribution in [0.2, 0.25) is 0 Å². The maximum Gasteiger partial charge on any atom is 0.307 e. The molecule has 1 aromatic carbocycles. The van der Waals surface area contributed by atoms with Crippen LogP contribution in [0.3, 0.4) is 0 Å². The molecule has 1 unspecified atom stereocenters. The summed E-state index contributed by atoms with van der Waals surface area (Å²) in [7, 11) is 0. The molecule has 3 N–H and O–H groups in total. The van der Waals surface area contributed by atoms with Gasteiger partial charge in [0.1, 0.15) is 6.04 Å². The highest BCUT2D eigenvalue weighted by Crippen LogP contribution is 2.13. The van der Waals surface area contributed by atoms with Crippen molar-refractivity contribution in [3.63, 3.8) is 0 Å². The number of hydrogen-bond donors (Lipinski definition) is 3. The third-order valence-electron chi connectivity index (χ3n) is 4.56. The zero-order chi connectivity index (χ0) is 21.9. The maximum atomic E-state index is 12.5. The molecule has 0 bridgehead atoms. The Morgan fingerprint density at radius 3 is 2.77 bits per heavy atom. The summed E-state index contributed by atoms with van der Waals surface area (Å²) >= 11 is 0. The van der Waals surface area contributed by atoms with Gasteiger partial charge in [0.25, 0.3) is 5.91 Å². The van der Waals surface area contributed by atoms with E-state index in [0.29, 0.717) is 43.9 Å². The Kier molecular flexibility index (Phi) is 9.27. The number of amides is 3. The van der Waals surface area contributed by atoms with Crippen LogP contribution in [0.15, 0.2) is 24.3 Å². The number of carbonyl (C=O) groups excluding carboxylic acids is 4. The molecule has 0 aliphatic carbocycles. The van der Waals surface area contributed by atoms with Crippen molar-refractivity contribution in [2.45, 2.75) is 39.2 Å². The molecule has 3 amide bonds. The van der Waals surface area contributed by atoms with Crippen molar-refractivity contribution in [1.82, 2.24) is 15.5 Å². The van der Waals surface area contributed by atoms with Gasteiger partial charge in [-0.25, -0.2) is 0 Å². The number of carbonyl (C=O) groups is 4. The van der Waals surface area contributed by atoms with E-state index in [-0.39, 0.29) is 30.7 Å². The molecule has 1 aliphatic heterocycles. The summed E-state index contributed by atoms with van der Waals surface area (Å²) in [4.78, 5) is 50.5. The fraction of sp³-hybridized carbons (Fsp3) is 0.524. The monoisotopic (exact) mass is 418 g/mol. The number of nitrogens with zero attached hydrogens (tertiary/aromatic N) is 1. The minimum Gasteiger partial charge on any atom is -0.466 e. The molecular weight excluding hydrogens is 388 g/mol. The molecule has 0 saturated carbocycles. The molecule has 0 spiro atoms. The van der Waals surface area contributed by atoms with E-state index in [1.54, 1.807) is 29.2 Å². The van der Waals surface area contributed by atoms with Gasteiger partial charge in [0.2, 0.25) is 11.8 Å². The van der Waals surface area contributed by atoms with Gasteiger partial charge < -0.3 is 20.7 Å². The van der Waals surface area contributed by atoms with E-state index in [9.17, 15) is 19.2 Å². The van der Waals surface area contributed by atoms with Crippen LogP contribution in [0.4, 0.5) is 5.69 Å². The van der Waals surface area contributed by atoms with Gasteiger partial charge in [-0.1, -0.05) is 19.9 Å². The second kappa shape index (κ2) is 11.9. The maximum absolute atomic E-state index is 12.5. The number of benzene rings is 1. The molecule has 1 aliphatic rings. The predicted octanol–water partition coefficient (Wildman–Crippen LogP) is 0.909. The summed E-state index contributed by atoms with van der Waals surface area (Å²) in [5, 5.41) is 8.26. The largest absolute Gasteiger partial charge is 0.466 e. The van der Waals surface area contributed by atoms with Gasteiger partial charge in [-0.2, -0.15) is 0 Å². The molecule has 9 heteroatoms. The van der Waals surface area contributed by atoms with Crippen molar-refractivity contribution >= 4 is 29.4 Å². The second-order valence-corrected chi connectivity index (χ2v) is 7.09. The van der Waals surface area contributed by atoms with Crippen LogP contribution in [0.1, 0.15) is 43.5 Å². The van der Waals surface area contributed by atoms with Gasteiger partial charge in [0.15, 0.2) is 0 Å². The SMILES string of the molecule is CCCNC(=O)c1cccc(NC(=O)CN2CCNC(=O)C2CC(=O)OCCC)c1. The van der Waals surface area contributed by atoms with Crippen LogP contribution in [0.25, 0.3) is 0 Å². The molecule has 1 heterocycles. The van der Waals surface area contributed by atoms with Crippen LogP contribution >= 0.6 is 0 Å². The van der Waals surface area contributed by atoms with E-state index in [2.05, 4.69) is 16.0 Å². The lowest BCUT2D eigenvalue weighted by atomic mass is 10.1. The Morgan fingerprint density at radius 2 is 2.03 bits per heavy atom. The molecular formula is C21H30N4O5. The first-order chi connectivity index (χ1) is 14.4. The van der Waals surface area contributed by atoms with E-state index in [1.807, 2.05) is 13.8 Å². The number of nitrogens with one attached hydrogen (secondary N) is 3. The molecule has 1 fully saturated rings. The average Bonchev–Trinajstić information content (AvgIpc) is 2.73. The first kappa shape index (κ1) is 23.3. The number of piperazine rings is 1. The summed E-state index contributed by atoms with van der Waals surface area (Å²) in [5.41, 5.74) is 0.944. The van der Waals surface area contributed by atoms with E-state index in [1.165, 1.54) is 0 Å². The minimum absolute atomic E-state index is 0.0502. The molecule has 0 aromatic heterocycles. The van der Waals surface area contributed by atoms with Crippen molar-refractivity contribution in [2.24, 2.45) is 0 Å². The highest BCUT2D eigenvalue weighted by molar-refractivity contribution is 5.98. The van der Waals surface area contributed by atoms with Gasteiger partial charge in [-0.05, 0) is 31.0 Å². The number of ether oxygens (including phenoxy) is 1. The Bertz CT molecular complexity index is 768. The Labute approximate surface area is 176 Å². The van der Waals surface area contributed by atoms with Crippen molar-refractivity contribution in [2.75, 3.05) is 38.1 Å². The smallest absolute Gasteiger partial charge is 0.307 e. The van der Waals surface area contributed by atoms with Crippen molar-refractivity contribution in [1.29, 1.82) is 0 Å². The Morgan fingerprint density at radius 1 is 1.23 bits per heavy atom. The second-order valence-electron chi connectivity index (χ2n) is 7.09. The van der Waals surface area contributed by atoms with Crippen molar-refractivity contribution in [3.8, 4) is 0 Å². The van der Waals surface area contributed by atoms with Crippen LogP contribution < -0.4 is 16.0 Å². The molecule has 1 aromatic rings. The van der Waals surface area contributed by atoms with Crippen LogP contribution in [0, 0.1) is 0 Å². The lowest BCUT2D eigenvalue weighted by Crippen LogP contribution is -2.57. The van der Waals surface area contributed by atoms with Gasteiger partial charge in [-0.3, -0.25) is 24.1 Å². The fourth-order valence-electron chi connectivity index (χ4n) is 3.07. The Hall–Kier alpha value is -2.94. The number of esters is 1. The average molecular weight is 418 g/mol. The summed E-state index contributed by atoms with van der Waals surface area (Å²) in [6.45, 7) is 5.54. The predicted molar refractivity (Wildman–Crippen MR) is 112 cm³/mol. The first-order valence-electron chi connectivity index (χ1n) is 10.3. The van der Waals surface area contributed by atoms with Crippen LogP contribution in [-0.4, -0.2) is 67.4 Å². The topological polar surface area (TPSA) is 117 Å². The summed E-state index contributed by atoms with van der Waals surface area (Å²) in [6.07, 6.45) is 1.43. The quantitative estimate of drug-likeness (QED) is 0.486. The molecule has 0 radical (unpaired) electrons. The lowest BCUT2D eigenvalue weighted by Gasteiger charge is -2.33. The fourth-order valence-corrected chi connectivity index (χ4v) is 3.07. The molecule has 2 rings (SSSR count). The number of rotatable bonds is 10. The molecule has 1 atom stereocenters. The van der Waals surface area contributed by atoms with E-state index < -0.39 is 12.0 Å². The third kappa shape index (κ3) is 7.14. The standard InChI is InChI=1S/C21H30N4O5/c1-3-8-22-20(28)15-6-5-7-16(12-15)24-18(26)14-25-10-9-23-21(29)17(25)13-19(27)30-11-4-2/h5-7,12,17H,3-4,8-11,13-14H2,1-2H3,(H,22,28)(H,23,29)(H,24,26). The van der Waals surface area contributed by atoms with Crippen molar-refractivity contribution < 1.29 is 23.9 Å². The third-order valence-corrected chi connectivity index (χ3v) is 4.56. The highest BCUT2D eigenvalue weighted by atomic mass is 16.5.